The number of fused-ring (bicyclic) bond motifs is 3. The summed E-state index contributed by atoms with van der Waals surface area (Å²) in [7, 11) is 3.70. The van der Waals surface area contributed by atoms with E-state index in [1.54, 1.807) is 7.11 Å². The number of aromatic nitrogens is 4. The summed E-state index contributed by atoms with van der Waals surface area (Å²) in [4.78, 5) is 25.2. The Labute approximate surface area is 210 Å². The van der Waals surface area contributed by atoms with Crippen molar-refractivity contribution in [1.29, 1.82) is 0 Å². The van der Waals surface area contributed by atoms with Crippen molar-refractivity contribution >= 4 is 28.0 Å². The van der Waals surface area contributed by atoms with Crippen LogP contribution in [0.3, 0.4) is 0 Å². The summed E-state index contributed by atoms with van der Waals surface area (Å²) >= 11 is 0. The highest BCUT2D eigenvalue weighted by atomic mass is 16.5. The first kappa shape index (κ1) is 21.9. The number of carbonyl (C=O) groups is 1. The average Bonchev–Trinajstić information content (AvgIpc) is 3.34. The number of benzene rings is 1. The maximum atomic E-state index is 13.4. The molecule has 0 bridgehead atoms. The molecule has 2 atom stereocenters. The maximum absolute atomic E-state index is 13.4. The molecule has 3 fully saturated rings. The van der Waals surface area contributed by atoms with Gasteiger partial charge < -0.3 is 24.1 Å². The quantitative estimate of drug-likeness (QED) is 0.466. The summed E-state index contributed by atoms with van der Waals surface area (Å²) in [6.45, 7) is 3.63. The number of nitrogens with one attached hydrogen (secondary N) is 1. The topological polar surface area (TPSA) is 77.2 Å². The third kappa shape index (κ3) is 3.58. The van der Waals surface area contributed by atoms with Crippen LogP contribution in [0.4, 0.5) is 0 Å². The molecule has 186 valence electrons. The molecule has 0 spiro atoms. The molecule has 2 aliphatic heterocycles. The van der Waals surface area contributed by atoms with Gasteiger partial charge >= 0.3 is 0 Å². The molecule has 0 unspecified atom stereocenters. The molecule has 5 heterocycles. The van der Waals surface area contributed by atoms with Gasteiger partial charge in [-0.05, 0) is 74.4 Å². The van der Waals surface area contributed by atoms with Gasteiger partial charge in [-0.2, -0.15) is 4.98 Å². The number of hydrogen-bond acceptors (Lipinski definition) is 5. The maximum Gasteiger partial charge on any atom is 0.253 e. The van der Waals surface area contributed by atoms with Crippen molar-refractivity contribution in [3.05, 3.63) is 42.0 Å². The average molecular weight is 485 g/mol. The van der Waals surface area contributed by atoms with Crippen molar-refractivity contribution in [3.8, 4) is 17.4 Å². The molecule has 0 radical (unpaired) electrons. The number of hydrogen-bond donors (Lipinski definition) is 1. The normalized spacial score (nSPS) is 21.9. The van der Waals surface area contributed by atoms with Gasteiger partial charge in [-0.1, -0.05) is 0 Å². The third-order valence-electron chi connectivity index (χ3n) is 8.39. The molecule has 2 saturated heterocycles. The number of amides is 1. The van der Waals surface area contributed by atoms with Crippen LogP contribution in [0.25, 0.3) is 33.6 Å². The van der Waals surface area contributed by atoms with E-state index in [4.69, 9.17) is 14.7 Å². The Hall–Kier alpha value is -3.39. The standard InChI is InChI=1S/C28H32N6O2/c1-32-23-7-5-20(28(35)33-12-10-18-9-11-29-22(18)16-33)13-21(23)30-27(32)24-14-19-6-8-25(36-2)31-26(19)34(24)15-17-3-4-17/h5-8,13-14,17-18,22,29H,3-4,9-12,15-16H2,1-2H3/t18-,22+/m1/s1. The number of nitrogens with zero attached hydrogens (tertiary/aromatic N) is 5. The van der Waals surface area contributed by atoms with Crippen LogP contribution in [0.2, 0.25) is 0 Å². The predicted octanol–water partition coefficient (Wildman–Crippen LogP) is 3.83. The Morgan fingerprint density at radius 3 is 2.83 bits per heavy atom. The largest absolute Gasteiger partial charge is 0.481 e. The number of likely N-dealkylation sites (tertiary alicyclic amines) is 1. The number of rotatable bonds is 5. The van der Waals surface area contributed by atoms with Crippen molar-refractivity contribution in [2.45, 2.75) is 38.3 Å². The highest BCUT2D eigenvalue weighted by molar-refractivity contribution is 5.98. The second-order valence-corrected chi connectivity index (χ2v) is 10.7. The van der Waals surface area contributed by atoms with Gasteiger partial charge in [0.2, 0.25) is 5.88 Å². The first-order valence-electron chi connectivity index (χ1n) is 13.1. The van der Waals surface area contributed by atoms with Gasteiger partial charge in [0, 0.05) is 49.7 Å². The van der Waals surface area contributed by atoms with Crippen LogP contribution >= 0.6 is 0 Å². The van der Waals surface area contributed by atoms with Crippen molar-refractivity contribution in [1.82, 2.24) is 29.3 Å². The lowest BCUT2D eigenvalue weighted by molar-refractivity contribution is 0.0669. The molecular weight excluding hydrogens is 452 g/mol. The predicted molar refractivity (Wildman–Crippen MR) is 139 cm³/mol. The van der Waals surface area contributed by atoms with Crippen molar-refractivity contribution in [2.75, 3.05) is 26.7 Å². The van der Waals surface area contributed by atoms with Crippen LogP contribution in [0, 0.1) is 11.8 Å². The second-order valence-electron chi connectivity index (χ2n) is 10.7. The minimum Gasteiger partial charge on any atom is -0.481 e. The first-order chi connectivity index (χ1) is 17.6. The lowest BCUT2D eigenvalue weighted by atomic mass is 9.92. The van der Waals surface area contributed by atoms with Gasteiger partial charge in [-0.15, -0.1) is 0 Å². The molecule has 3 aliphatic rings. The number of carbonyl (C=O) groups excluding carboxylic acids is 1. The first-order valence-corrected chi connectivity index (χ1v) is 13.1. The van der Waals surface area contributed by atoms with Crippen LogP contribution in [-0.4, -0.2) is 62.7 Å². The fourth-order valence-electron chi connectivity index (χ4n) is 6.11. The Kier molecular flexibility index (Phi) is 5.06. The Morgan fingerprint density at radius 1 is 1.11 bits per heavy atom. The molecule has 3 aromatic heterocycles. The summed E-state index contributed by atoms with van der Waals surface area (Å²) in [5.41, 5.74) is 4.57. The number of methoxy groups -OCH3 is 1. The van der Waals surface area contributed by atoms with Gasteiger partial charge in [-0.25, -0.2) is 4.98 Å². The monoisotopic (exact) mass is 484 g/mol. The Bertz CT molecular complexity index is 1480. The fraction of sp³-hybridized carbons (Fsp3) is 0.464. The van der Waals surface area contributed by atoms with Crippen LogP contribution in [0.5, 0.6) is 5.88 Å². The molecule has 7 rings (SSSR count). The summed E-state index contributed by atoms with van der Waals surface area (Å²) in [6.07, 6.45) is 4.83. The van der Waals surface area contributed by atoms with E-state index in [0.29, 0.717) is 29.3 Å². The second kappa shape index (κ2) is 8.34. The highest BCUT2D eigenvalue weighted by Gasteiger charge is 2.34. The summed E-state index contributed by atoms with van der Waals surface area (Å²) in [5.74, 6) is 3.02. The van der Waals surface area contributed by atoms with E-state index >= 15 is 0 Å². The SMILES string of the molecule is COc1ccc2cc(-c3nc4cc(C(=O)N5CC[C@H]6CCN[C@H]6C5)ccc4n3C)n(CC3CC3)c2n1. The Balaban J connectivity index is 1.26. The van der Waals surface area contributed by atoms with Gasteiger partial charge in [0.05, 0.1) is 23.8 Å². The molecular formula is C28H32N6O2. The smallest absolute Gasteiger partial charge is 0.253 e. The molecule has 1 amide bonds. The van der Waals surface area contributed by atoms with Gasteiger partial charge in [0.25, 0.3) is 5.91 Å². The van der Waals surface area contributed by atoms with Gasteiger partial charge in [0.1, 0.15) is 5.65 Å². The minimum absolute atomic E-state index is 0.107. The highest BCUT2D eigenvalue weighted by Crippen LogP contribution is 2.36. The van der Waals surface area contributed by atoms with Gasteiger partial charge in [-0.3, -0.25) is 4.79 Å². The zero-order chi connectivity index (χ0) is 24.4. The fourth-order valence-corrected chi connectivity index (χ4v) is 6.11. The van der Waals surface area contributed by atoms with Crippen LogP contribution in [-0.2, 0) is 13.6 Å². The summed E-state index contributed by atoms with van der Waals surface area (Å²) in [6, 6.07) is 12.5. The van der Waals surface area contributed by atoms with E-state index in [2.05, 4.69) is 33.6 Å². The lowest BCUT2D eigenvalue weighted by Crippen LogP contribution is -2.48. The number of piperidine rings is 1. The molecule has 1 saturated carbocycles. The van der Waals surface area contributed by atoms with Crippen LogP contribution in [0.15, 0.2) is 36.4 Å². The van der Waals surface area contributed by atoms with Crippen molar-refractivity contribution in [3.63, 3.8) is 0 Å². The van der Waals surface area contributed by atoms with Crippen molar-refractivity contribution < 1.29 is 9.53 Å². The van der Waals surface area contributed by atoms with E-state index in [1.807, 2.05) is 29.2 Å². The van der Waals surface area contributed by atoms with E-state index < -0.39 is 0 Å². The molecule has 1 aliphatic carbocycles. The third-order valence-corrected chi connectivity index (χ3v) is 8.39. The minimum atomic E-state index is 0.107. The number of pyridine rings is 1. The van der Waals surface area contributed by atoms with Crippen molar-refractivity contribution in [2.24, 2.45) is 18.9 Å². The van der Waals surface area contributed by atoms with E-state index in [9.17, 15) is 4.79 Å². The molecule has 1 N–H and O–H groups in total. The zero-order valence-corrected chi connectivity index (χ0v) is 20.9. The molecule has 4 aromatic rings. The van der Waals surface area contributed by atoms with E-state index in [1.165, 1.54) is 19.3 Å². The van der Waals surface area contributed by atoms with Gasteiger partial charge in [0.15, 0.2) is 5.82 Å². The molecule has 8 nitrogen and oxygen atoms in total. The van der Waals surface area contributed by atoms with E-state index in [-0.39, 0.29) is 5.91 Å². The summed E-state index contributed by atoms with van der Waals surface area (Å²) < 4.78 is 9.83. The molecule has 1 aromatic carbocycles. The summed E-state index contributed by atoms with van der Waals surface area (Å²) in [5, 5.41) is 4.65. The zero-order valence-electron chi connectivity index (χ0n) is 20.9. The lowest BCUT2D eigenvalue weighted by Gasteiger charge is -2.35. The van der Waals surface area contributed by atoms with Crippen LogP contribution < -0.4 is 10.1 Å². The Morgan fingerprint density at radius 2 is 2.00 bits per heavy atom. The number of aryl methyl sites for hydroxylation is 1. The molecule has 8 heteroatoms. The molecule has 36 heavy (non-hydrogen) atoms. The number of ether oxygens (including phenoxy) is 1. The van der Waals surface area contributed by atoms with Crippen LogP contribution in [0.1, 0.15) is 36.0 Å². The van der Waals surface area contributed by atoms with E-state index in [0.717, 1.165) is 66.2 Å². The number of imidazole rings is 1.